The highest BCUT2D eigenvalue weighted by Gasteiger charge is 2.27. The van der Waals surface area contributed by atoms with E-state index in [0.29, 0.717) is 0 Å². The number of hydrogen-bond donors (Lipinski definition) is 2. The summed E-state index contributed by atoms with van der Waals surface area (Å²) in [6.07, 6.45) is 4.63. The molecule has 0 unspecified atom stereocenters. The van der Waals surface area contributed by atoms with Gasteiger partial charge in [-0.3, -0.25) is 4.99 Å². The van der Waals surface area contributed by atoms with Crippen LogP contribution in [-0.4, -0.2) is 53.3 Å². The van der Waals surface area contributed by atoms with Gasteiger partial charge in [0.1, 0.15) is 5.60 Å². The van der Waals surface area contributed by atoms with E-state index in [-0.39, 0.29) is 12.1 Å². The molecule has 0 aromatic carbocycles. The number of nitrogens with zero attached hydrogens (tertiary/aromatic N) is 3. The summed E-state index contributed by atoms with van der Waals surface area (Å²) in [6.45, 7) is 7.91. The van der Waals surface area contributed by atoms with E-state index < -0.39 is 5.60 Å². The molecule has 24 heavy (non-hydrogen) atoms. The molecule has 0 bridgehead atoms. The van der Waals surface area contributed by atoms with Crippen LogP contribution in [0.4, 0.5) is 4.79 Å². The molecule has 0 spiro atoms. The van der Waals surface area contributed by atoms with Gasteiger partial charge in [-0.2, -0.15) is 0 Å². The maximum Gasteiger partial charge on any atom is 0.407 e. The van der Waals surface area contributed by atoms with Gasteiger partial charge in [0, 0.05) is 46.1 Å². The molecule has 134 valence electrons. The fourth-order valence-electron chi connectivity index (χ4n) is 2.72. The first kappa shape index (κ1) is 18.2. The average Bonchev–Trinajstić information content (AvgIpc) is 3.07. The zero-order valence-electron chi connectivity index (χ0n) is 15.3. The maximum absolute atomic E-state index is 11.9. The second-order valence-electron chi connectivity index (χ2n) is 7.16. The summed E-state index contributed by atoms with van der Waals surface area (Å²) in [6, 6.07) is 2.16. The van der Waals surface area contributed by atoms with Gasteiger partial charge in [0.15, 0.2) is 5.96 Å². The lowest BCUT2D eigenvalue weighted by Gasteiger charge is -2.23. The van der Waals surface area contributed by atoms with E-state index in [4.69, 9.17) is 4.74 Å². The lowest BCUT2D eigenvalue weighted by molar-refractivity contribution is 0.0507. The van der Waals surface area contributed by atoms with Crippen molar-refractivity contribution in [2.75, 3.05) is 20.1 Å². The number of nitrogens with one attached hydrogen (secondary N) is 2. The van der Waals surface area contributed by atoms with Crippen LogP contribution in [0.15, 0.2) is 23.5 Å². The number of aromatic nitrogens is 1. The van der Waals surface area contributed by atoms with Crippen LogP contribution in [0.3, 0.4) is 0 Å². The van der Waals surface area contributed by atoms with Crippen molar-refractivity contribution >= 4 is 12.1 Å². The summed E-state index contributed by atoms with van der Waals surface area (Å²) in [5.74, 6) is 0.854. The molecule has 2 N–H and O–H groups in total. The fourth-order valence-corrected chi connectivity index (χ4v) is 2.72. The van der Waals surface area contributed by atoms with Crippen LogP contribution >= 0.6 is 0 Å². The van der Waals surface area contributed by atoms with Crippen molar-refractivity contribution in [3.8, 4) is 0 Å². The molecule has 1 amide bonds. The van der Waals surface area contributed by atoms with E-state index in [1.807, 2.05) is 38.6 Å². The van der Waals surface area contributed by atoms with Crippen molar-refractivity contribution in [1.82, 2.24) is 20.1 Å². The molecular formula is C17H29N5O2. The highest BCUT2D eigenvalue weighted by atomic mass is 16.6. The summed E-state index contributed by atoms with van der Waals surface area (Å²) in [5.41, 5.74) is 0.733. The van der Waals surface area contributed by atoms with E-state index in [1.165, 1.54) is 5.56 Å². The predicted octanol–water partition coefficient (Wildman–Crippen LogP) is 1.70. The van der Waals surface area contributed by atoms with Crippen molar-refractivity contribution in [2.24, 2.45) is 12.0 Å². The zero-order chi connectivity index (χ0) is 17.7. The number of ether oxygens (including phenoxy) is 1. The Hall–Kier alpha value is -2.18. The summed E-state index contributed by atoms with van der Waals surface area (Å²) < 4.78 is 7.34. The molecule has 1 aromatic heterocycles. The smallest absolute Gasteiger partial charge is 0.407 e. The van der Waals surface area contributed by atoms with Gasteiger partial charge >= 0.3 is 6.09 Å². The number of alkyl carbamates (subject to hydrolysis) is 1. The van der Waals surface area contributed by atoms with Crippen molar-refractivity contribution in [3.05, 3.63) is 24.0 Å². The Kier molecular flexibility index (Phi) is 5.75. The average molecular weight is 335 g/mol. The minimum absolute atomic E-state index is 0.0788. The number of likely N-dealkylation sites (tertiary alicyclic amines) is 1. The number of carbonyl (C=O) groups is 1. The van der Waals surface area contributed by atoms with E-state index in [2.05, 4.69) is 32.8 Å². The van der Waals surface area contributed by atoms with E-state index in [9.17, 15) is 4.79 Å². The summed E-state index contributed by atoms with van der Waals surface area (Å²) in [4.78, 5) is 18.4. The lowest BCUT2D eigenvalue weighted by Crippen LogP contribution is -2.44. The first-order valence-corrected chi connectivity index (χ1v) is 8.33. The number of carbonyl (C=O) groups excluding carboxylic acids is 1. The van der Waals surface area contributed by atoms with Crippen LogP contribution in [0.2, 0.25) is 0 Å². The SMILES string of the molecule is CN=C(NCc1ccn(C)c1)N1CC[C@@H](NC(=O)OC(C)(C)C)C1. The van der Waals surface area contributed by atoms with Gasteiger partial charge in [-0.05, 0) is 38.8 Å². The van der Waals surface area contributed by atoms with E-state index in [1.54, 1.807) is 7.05 Å². The van der Waals surface area contributed by atoms with Crippen LogP contribution < -0.4 is 10.6 Å². The monoisotopic (exact) mass is 335 g/mol. The third-order valence-electron chi connectivity index (χ3n) is 3.76. The predicted molar refractivity (Wildman–Crippen MR) is 95.0 cm³/mol. The first-order valence-electron chi connectivity index (χ1n) is 8.33. The van der Waals surface area contributed by atoms with Gasteiger partial charge in [-0.15, -0.1) is 0 Å². The molecule has 2 rings (SSSR count). The third-order valence-corrected chi connectivity index (χ3v) is 3.76. The van der Waals surface area contributed by atoms with Gasteiger partial charge in [0.25, 0.3) is 0 Å². The normalized spacial score (nSPS) is 18.6. The Morgan fingerprint density at radius 3 is 2.79 bits per heavy atom. The summed E-state index contributed by atoms with van der Waals surface area (Å²) >= 11 is 0. The Labute approximate surface area is 144 Å². The minimum atomic E-state index is -0.477. The van der Waals surface area contributed by atoms with Crippen LogP contribution in [0.5, 0.6) is 0 Å². The maximum atomic E-state index is 11.9. The second kappa shape index (κ2) is 7.59. The Balaban J connectivity index is 1.81. The molecule has 1 saturated heterocycles. The molecule has 1 atom stereocenters. The molecule has 0 radical (unpaired) electrons. The number of aryl methyl sites for hydroxylation is 1. The van der Waals surface area contributed by atoms with Crippen molar-refractivity contribution in [1.29, 1.82) is 0 Å². The van der Waals surface area contributed by atoms with Gasteiger partial charge in [0.05, 0.1) is 6.04 Å². The molecule has 1 fully saturated rings. The Bertz CT molecular complexity index is 588. The van der Waals surface area contributed by atoms with Crippen LogP contribution in [-0.2, 0) is 18.3 Å². The molecule has 1 aromatic rings. The Morgan fingerprint density at radius 1 is 1.46 bits per heavy atom. The Morgan fingerprint density at radius 2 is 2.21 bits per heavy atom. The van der Waals surface area contributed by atoms with Crippen molar-refractivity contribution in [2.45, 2.75) is 45.4 Å². The molecule has 0 aliphatic carbocycles. The van der Waals surface area contributed by atoms with Crippen LogP contribution in [0.1, 0.15) is 32.8 Å². The van der Waals surface area contributed by atoms with E-state index in [0.717, 1.165) is 32.0 Å². The molecule has 1 aliphatic heterocycles. The third kappa shape index (κ3) is 5.47. The van der Waals surface area contributed by atoms with Crippen molar-refractivity contribution in [3.63, 3.8) is 0 Å². The molecular weight excluding hydrogens is 306 g/mol. The number of aliphatic imine (C=N–C) groups is 1. The lowest BCUT2D eigenvalue weighted by atomic mass is 10.2. The molecule has 7 nitrogen and oxygen atoms in total. The number of guanidine groups is 1. The zero-order valence-corrected chi connectivity index (χ0v) is 15.3. The van der Waals surface area contributed by atoms with Crippen LogP contribution in [0, 0.1) is 0 Å². The number of hydrogen-bond acceptors (Lipinski definition) is 3. The standard InChI is InChI=1S/C17H29N5O2/c1-17(2,3)24-16(23)20-14-7-9-22(12-14)15(18-4)19-10-13-6-8-21(5)11-13/h6,8,11,14H,7,9-10,12H2,1-5H3,(H,18,19)(H,20,23)/t14-/m1/s1. The number of rotatable bonds is 3. The molecule has 1 aliphatic rings. The largest absolute Gasteiger partial charge is 0.444 e. The summed E-state index contributed by atoms with van der Waals surface area (Å²) in [7, 11) is 3.79. The summed E-state index contributed by atoms with van der Waals surface area (Å²) in [5, 5.41) is 6.30. The fraction of sp³-hybridized carbons (Fsp3) is 0.647. The van der Waals surface area contributed by atoms with Gasteiger partial charge in [-0.1, -0.05) is 0 Å². The van der Waals surface area contributed by atoms with Crippen LogP contribution in [0.25, 0.3) is 0 Å². The minimum Gasteiger partial charge on any atom is -0.444 e. The second-order valence-corrected chi connectivity index (χ2v) is 7.16. The first-order chi connectivity index (χ1) is 11.3. The van der Waals surface area contributed by atoms with E-state index >= 15 is 0 Å². The van der Waals surface area contributed by atoms with Gasteiger partial charge in [0.2, 0.25) is 0 Å². The highest BCUT2D eigenvalue weighted by molar-refractivity contribution is 5.80. The topological polar surface area (TPSA) is 70.9 Å². The van der Waals surface area contributed by atoms with Crippen molar-refractivity contribution < 1.29 is 9.53 Å². The quantitative estimate of drug-likeness (QED) is 0.651. The highest BCUT2D eigenvalue weighted by Crippen LogP contribution is 2.12. The molecule has 0 saturated carbocycles. The molecule has 2 heterocycles. The van der Waals surface area contributed by atoms with Gasteiger partial charge in [-0.25, -0.2) is 4.79 Å². The molecule has 7 heteroatoms. The number of amides is 1. The van der Waals surface area contributed by atoms with Gasteiger partial charge < -0.3 is 24.8 Å².